The maximum Gasteiger partial charge on any atom is 0.335 e. The minimum absolute atomic E-state index is 0.298. The van der Waals surface area contributed by atoms with Crippen LogP contribution >= 0.6 is 0 Å². The van der Waals surface area contributed by atoms with Crippen molar-refractivity contribution in [3.05, 3.63) is 70.9 Å². The zero-order valence-electron chi connectivity index (χ0n) is 13.5. The van der Waals surface area contributed by atoms with Crippen LogP contribution in [0.25, 0.3) is 10.9 Å². The molecule has 2 aromatic carbocycles. The van der Waals surface area contributed by atoms with Crippen LogP contribution in [0.5, 0.6) is 0 Å². The molecule has 1 aliphatic heterocycles. The van der Waals surface area contributed by atoms with Gasteiger partial charge in [0.25, 0.3) is 0 Å². The number of anilines is 1. The van der Waals surface area contributed by atoms with Crippen molar-refractivity contribution >= 4 is 22.6 Å². The first-order valence-corrected chi connectivity index (χ1v) is 8.08. The molecule has 2 heterocycles. The van der Waals surface area contributed by atoms with Crippen LogP contribution in [0.4, 0.5) is 5.69 Å². The molecule has 0 saturated heterocycles. The summed E-state index contributed by atoms with van der Waals surface area (Å²) in [6, 6.07) is 15.7. The summed E-state index contributed by atoms with van der Waals surface area (Å²) in [4.78, 5) is 18.2. The average molecular weight is 318 g/mol. The van der Waals surface area contributed by atoms with Crippen LogP contribution in [-0.2, 0) is 13.0 Å². The number of aromatic nitrogens is 1. The fourth-order valence-electron chi connectivity index (χ4n) is 3.43. The molecule has 1 aliphatic rings. The Morgan fingerprint density at radius 3 is 2.71 bits per heavy atom. The fraction of sp³-hybridized carbons (Fsp3) is 0.200. The third-order valence-corrected chi connectivity index (χ3v) is 4.63. The van der Waals surface area contributed by atoms with Crippen LogP contribution in [0.1, 0.15) is 27.2 Å². The highest BCUT2D eigenvalue weighted by molar-refractivity contribution is 5.98. The van der Waals surface area contributed by atoms with E-state index < -0.39 is 5.97 Å². The number of benzene rings is 2. The molecule has 0 atom stereocenters. The molecule has 0 unspecified atom stereocenters. The molecule has 0 radical (unpaired) electrons. The summed E-state index contributed by atoms with van der Waals surface area (Å²) < 4.78 is 0. The van der Waals surface area contributed by atoms with Gasteiger partial charge in [0.2, 0.25) is 0 Å². The van der Waals surface area contributed by atoms with Gasteiger partial charge in [-0.2, -0.15) is 0 Å². The Hall–Kier alpha value is -2.88. The van der Waals surface area contributed by atoms with Gasteiger partial charge >= 0.3 is 5.97 Å². The lowest BCUT2D eigenvalue weighted by molar-refractivity contribution is 0.0697. The smallest absolute Gasteiger partial charge is 0.335 e. The molecule has 4 heteroatoms. The molecule has 0 amide bonds. The molecule has 0 spiro atoms. The Kier molecular flexibility index (Phi) is 3.45. The van der Waals surface area contributed by atoms with Crippen molar-refractivity contribution in [2.24, 2.45) is 0 Å². The summed E-state index contributed by atoms with van der Waals surface area (Å²) in [5.74, 6) is -0.910. The number of carboxylic acid groups (broad SMARTS) is 1. The van der Waals surface area contributed by atoms with Crippen LogP contribution in [-0.4, -0.2) is 22.6 Å². The van der Waals surface area contributed by atoms with Crippen LogP contribution < -0.4 is 4.90 Å². The van der Waals surface area contributed by atoms with E-state index in [1.54, 1.807) is 18.2 Å². The van der Waals surface area contributed by atoms with Gasteiger partial charge in [0.1, 0.15) is 0 Å². The third kappa shape index (κ3) is 2.50. The summed E-state index contributed by atoms with van der Waals surface area (Å²) in [7, 11) is 0. The number of pyridine rings is 1. The molecule has 4 rings (SSSR count). The SMILES string of the molecule is Cc1cc(N2CCc3ccccc3C2)c2cc(C(=O)O)ccc2n1. The van der Waals surface area contributed by atoms with Crippen molar-refractivity contribution in [3.8, 4) is 0 Å². The van der Waals surface area contributed by atoms with Crippen molar-refractivity contribution in [2.75, 3.05) is 11.4 Å². The molecule has 1 N–H and O–H groups in total. The Morgan fingerprint density at radius 2 is 1.92 bits per heavy atom. The predicted molar refractivity (Wildman–Crippen MR) is 94.6 cm³/mol. The van der Waals surface area contributed by atoms with E-state index in [0.717, 1.165) is 41.8 Å². The van der Waals surface area contributed by atoms with Crippen molar-refractivity contribution < 1.29 is 9.90 Å². The van der Waals surface area contributed by atoms with Gasteiger partial charge in [-0.3, -0.25) is 4.98 Å². The lowest BCUT2D eigenvalue weighted by Crippen LogP contribution is -2.30. The maximum atomic E-state index is 11.3. The zero-order chi connectivity index (χ0) is 16.7. The second-order valence-corrected chi connectivity index (χ2v) is 6.26. The Bertz CT molecular complexity index is 950. The number of fused-ring (bicyclic) bond motifs is 2. The summed E-state index contributed by atoms with van der Waals surface area (Å²) in [5.41, 5.74) is 5.88. The van der Waals surface area contributed by atoms with Gasteiger partial charge in [0.15, 0.2) is 0 Å². The molecular weight excluding hydrogens is 300 g/mol. The fourth-order valence-corrected chi connectivity index (χ4v) is 3.43. The maximum absolute atomic E-state index is 11.3. The van der Waals surface area contributed by atoms with E-state index in [0.29, 0.717) is 5.56 Å². The number of carbonyl (C=O) groups is 1. The van der Waals surface area contributed by atoms with Gasteiger partial charge in [-0.15, -0.1) is 0 Å². The first kappa shape index (κ1) is 14.7. The molecule has 0 bridgehead atoms. The van der Waals surface area contributed by atoms with Gasteiger partial charge in [-0.1, -0.05) is 24.3 Å². The highest BCUT2D eigenvalue weighted by Gasteiger charge is 2.19. The Labute approximate surface area is 140 Å². The monoisotopic (exact) mass is 318 g/mol. The van der Waals surface area contributed by atoms with Crippen molar-refractivity contribution in [1.82, 2.24) is 4.98 Å². The largest absolute Gasteiger partial charge is 0.478 e. The standard InChI is InChI=1S/C20H18N2O2/c1-13-10-19(17-11-15(20(23)24)6-7-18(17)21-13)22-9-8-14-4-2-3-5-16(14)12-22/h2-7,10-11H,8-9,12H2,1H3,(H,23,24). The van der Waals surface area contributed by atoms with E-state index in [2.05, 4.69) is 40.2 Å². The lowest BCUT2D eigenvalue weighted by Gasteiger charge is -2.31. The first-order chi connectivity index (χ1) is 11.6. The molecule has 3 aromatic rings. The number of nitrogens with zero attached hydrogens (tertiary/aromatic N) is 2. The van der Waals surface area contributed by atoms with E-state index >= 15 is 0 Å². The molecule has 0 saturated carbocycles. The Balaban J connectivity index is 1.84. The van der Waals surface area contributed by atoms with Gasteiger partial charge < -0.3 is 10.0 Å². The first-order valence-electron chi connectivity index (χ1n) is 8.08. The summed E-state index contributed by atoms with van der Waals surface area (Å²) >= 11 is 0. The number of hydrogen-bond donors (Lipinski definition) is 1. The van der Waals surface area contributed by atoms with Gasteiger partial charge in [0, 0.05) is 29.9 Å². The summed E-state index contributed by atoms with van der Waals surface area (Å²) in [5, 5.41) is 10.2. The van der Waals surface area contributed by atoms with Crippen molar-refractivity contribution in [3.63, 3.8) is 0 Å². The summed E-state index contributed by atoms with van der Waals surface area (Å²) in [6.07, 6.45) is 0.998. The molecule has 24 heavy (non-hydrogen) atoms. The molecule has 4 nitrogen and oxygen atoms in total. The van der Waals surface area contributed by atoms with Crippen LogP contribution in [0.2, 0.25) is 0 Å². The van der Waals surface area contributed by atoms with Gasteiger partial charge in [-0.05, 0) is 48.7 Å². The number of aryl methyl sites for hydroxylation is 1. The number of hydrogen-bond acceptors (Lipinski definition) is 3. The van der Waals surface area contributed by atoms with E-state index in [-0.39, 0.29) is 0 Å². The van der Waals surface area contributed by atoms with Gasteiger partial charge in [0.05, 0.1) is 11.1 Å². The van der Waals surface area contributed by atoms with Gasteiger partial charge in [-0.25, -0.2) is 4.79 Å². The van der Waals surface area contributed by atoms with E-state index in [9.17, 15) is 9.90 Å². The molecular formula is C20H18N2O2. The highest BCUT2D eigenvalue weighted by Crippen LogP contribution is 2.31. The Morgan fingerprint density at radius 1 is 1.12 bits per heavy atom. The number of aromatic carboxylic acids is 1. The van der Waals surface area contributed by atoms with E-state index in [4.69, 9.17) is 0 Å². The van der Waals surface area contributed by atoms with Crippen LogP contribution in [0, 0.1) is 6.92 Å². The second-order valence-electron chi connectivity index (χ2n) is 6.26. The quantitative estimate of drug-likeness (QED) is 0.781. The van der Waals surface area contributed by atoms with Crippen LogP contribution in [0.3, 0.4) is 0 Å². The van der Waals surface area contributed by atoms with E-state index in [1.807, 2.05) is 6.92 Å². The number of carboxylic acids is 1. The molecule has 0 fully saturated rings. The normalized spacial score (nSPS) is 13.8. The predicted octanol–water partition coefficient (Wildman–Crippen LogP) is 3.80. The molecule has 120 valence electrons. The topological polar surface area (TPSA) is 53.4 Å². The average Bonchev–Trinajstić information content (AvgIpc) is 2.60. The lowest BCUT2D eigenvalue weighted by atomic mass is 9.98. The third-order valence-electron chi connectivity index (χ3n) is 4.63. The minimum atomic E-state index is -0.910. The highest BCUT2D eigenvalue weighted by atomic mass is 16.4. The summed E-state index contributed by atoms with van der Waals surface area (Å²) in [6.45, 7) is 3.74. The van der Waals surface area contributed by atoms with Crippen molar-refractivity contribution in [2.45, 2.75) is 19.9 Å². The zero-order valence-corrected chi connectivity index (χ0v) is 13.5. The molecule has 1 aromatic heterocycles. The minimum Gasteiger partial charge on any atom is -0.478 e. The molecule has 0 aliphatic carbocycles. The van der Waals surface area contributed by atoms with Crippen molar-refractivity contribution in [1.29, 1.82) is 0 Å². The van der Waals surface area contributed by atoms with E-state index in [1.165, 1.54) is 11.1 Å². The second kappa shape index (κ2) is 5.64. The van der Waals surface area contributed by atoms with Crippen LogP contribution in [0.15, 0.2) is 48.5 Å². The number of rotatable bonds is 2.